The van der Waals surface area contributed by atoms with Crippen LogP contribution in [0.15, 0.2) is 177 Å². The molecule has 2 aliphatic rings. The van der Waals surface area contributed by atoms with Gasteiger partial charge in [-0.05, 0) is 90.1 Å². The van der Waals surface area contributed by atoms with Crippen LogP contribution < -0.4 is 21.0 Å². The van der Waals surface area contributed by atoms with Crippen molar-refractivity contribution in [2.45, 2.75) is 152 Å². The summed E-state index contributed by atoms with van der Waals surface area (Å²) in [7, 11) is -10.4. The first-order chi connectivity index (χ1) is 46.5. The molecule has 6 heterocycles. The Bertz CT molecular complexity index is 4220. The highest BCUT2D eigenvalue weighted by atomic mass is 31.2. The number of unbranched alkanes of at least 4 members (excludes halogenated alkanes) is 1. The zero-order valence-corrected chi connectivity index (χ0v) is 59.0. The molecule has 0 aliphatic carbocycles. The van der Waals surface area contributed by atoms with Crippen LogP contribution in [0.1, 0.15) is 111 Å². The highest BCUT2D eigenvalue weighted by molar-refractivity contribution is 7.51. The average molecular weight is 1360 g/mol. The van der Waals surface area contributed by atoms with E-state index >= 15 is 4.57 Å². The number of hydrogen-bond acceptors (Lipinski definition) is 18. The minimum absolute atomic E-state index is 0.0640. The number of carbonyl (C=O) groups is 2. The molecule has 4 aromatic heterocycles. The van der Waals surface area contributed by atoms with Crippen molar-refractivity contribution in [3.63, 3.8) is 0 Å². The molecule has 11 rings (SSSR count). The molecule has 9 aromatic rings. The molecule has 9 atom stereocenters. The molecule has 2 fully saturated rings. The quantitative estimate of drug-likeness (QED) is 0.0169. The third kappa shape index (κ3) is 15.0. The Labute approximate surface area is 567 Å². The average Bonchev–Trinajstić information content (AvgIpc) is 1.72. The molecule has 2 saturated heterocycles. The Morgan fingerprint density at radius 2 is 1.00 bits per heavy atom. The van der Waals surface area contributed by atoms with Crippen molar-refractivity contribution >= 4 is 70.2 Å². The summed E-state index contributed by atoms with van der Waals surface area (Å²) >= 11 is 0. The van der Waals surface area contributed by atoms with Gasteiger partial charge in [-0.2, -0.15) is 10.5 Å². The first kappa shape index (κ1) is 69.8. The molecule has 2 aliphatic heterocycles. The van der Waals surface area contributed by atoms with Gasteiger partial charge in [0.25, 0.3) is 11.8 Å². The summed E-state index contributed by atoms with van der Waals surface area (Å²) in [5, 5.41) is 32.7. The van der Waals surface area contributed by atoms with Crippen LogP contribution in [-0.2, 0) is 37.5 Å². The van der Waals surface area contributed by atoms with Gasteiger partial charge in [0.2, 0.25) is 0 Å². The van der Waals surface area contributed by atoms with Gasteiger partial charge in [-0.3, -0.25) is 33.1 Å². The van der Waals surface area contributed by atoms with Crippen molar-refractivity contribution in [3.8, 4) is 12.1 Å². The number of nitriles is 2. The highest BCUT2D eigenvalue weighted by Gasteiger charge is 2.57. The number of carbonyl (C=O) groups excluding carboxylic acids is 2. The van der Waals surface area contributed by atoms with E-state index in [1.165, 1.54) is 12.7 Å². The smallest absolute Gasteiger partial charge is 0.406 e. The molecule has 5 aromatic carbocycles. The van der Waals surface area contributed by atoms with E-state index in [9.17, 15) is 20.1 Å². The van der Waals surface area contributed by atoms with Crippen LogP contribution in [0, 0.1) is 29.1 Å². The molecule has 1 unspecified atom stereocenters. The Kier molecular flexibility index (Phi) is 21.1. The second-order valence-corrected chi connectivity index (χ2v) is 38.4. The molecule has 503 valence electrons. The third-order valence-corrected chi connectivity index (χ3v) is 29.4. The fraction of sp³-hybridized carbons (Fsp3) is 0.366. The number of nitrogens with zero attached hydrogens (tertiary/aromatic N) is 10. The Morgan fingerprint density at radius 1 is 0.577 bits per heavy atom. The van der Waals surface area contributed by atoms with E-state index in [2.05, 4.69) is 152 Å². The minimum Gasteiger partial charge on any atom is -0.408 e. The van der Waals surface area contributed by atoms with Crippen LogP contribution >= 0.6 is 7.75 Å². The Hall–Kier alpha value is -8.54. The van der Waals surface area contributed by atoms with E-state index in [0.717, 1.165) is 16.7 Å². The van der Waals surface area contributed by atoms with Gasteiger partial charge < -0.3 is 29.0 Å². The molecule has 2 amide bonds. The van der Waals surface area contributed by atoms with Gasteiger partial charge in [0, 0.05) is 17.5 Å². The standard InChI is InChI=1S/C71H82N14O9PSi2/c1-69(2,3)96(7,8)93-59-55(82-71(50-33-20-13-21-34-50,51-35-22-14-23-36-51)52-37-24-15-25-38-52)54(92-67(59)84-46-78-57-61(74-44-76-63(57)84)80-65(86)48-29-16-11-17-30-48)43-90-95(88,89-42-28-41-73)83-56-53(39-26-27-40-72)91-68(60(56)94-97(9,10)70(4,5)6)85-47-79-58-62(75-45-77-64(58)85)81-66(87)49-31-18-12-19-32-49/h11-26,29-38,44-47,53-56,59-60,67-68,82H,27-28,39,42-43H2,1-10H3,(H,83,88)(H,74,76,80,86)(H,75,77,81,87)/t53-,54+,55+,56+,59+,60+,67+,68+,95?/m0/s1. The molecule has 0 bridgehead atoms. The fourth-order valence-electron chi connectivity index (χ4n) is 11.7. The summed E-state index contributed by atoms with van der Waals surface area (Å²) in [5.74, 6) is -0.455. The highest BCUT2D eigenvalue weighted by Crippen LogP contribution is 2.52. The molecule has 0 saturated carbocycles. The molecule has 4 N–H and O–H groups in total. The van der Waals surface area contributed by atoms with E-state index in [-0.39, 0.29) is 58.6 Å². The molecular weight excluding hydrogens is 1280 g/mol. The normalized spacial score (nSPS) is 20.7. The van der Waals surface area contributed by atoms with Crippen LogP contribution in [0.5, 0.6) is 0 Å². The predicted molar refractivity (Wildman–Crippen MR) is 373 cm³/mol. The van der Waals surface area contributed by atoms with Gasteiger partial charge >= 0.3 is 7.75 Å². The van der Waals surface area contributed by atoms with Crippen LogP contribution in [0.3, 0.4) is 0 Å². The number of benzene rings is 5. The molecule has 23 nitrogen and oxygen atoms in total. The number of ether oxygens (including phenoxy) is 2. The largest absolute Gasteiger partial charge is 0.408 e. The van der Waals surface area contributed by atoms with Crippen molar-refractivity contribution < 1.29 is 41.5 Å². The van der Waals surface area contributed by atoms with Gasteiger partial charge in [-0.15, -0.1) is 0 Å². The van der Waals surface area contributed by atoms with Gasteiger partial charge in [-0.1, -0.05) is 169 Å². The minimum atomic E-state index is -4.72. The lowest BCUT2D eigenvalue weighted by atomic mass is 9.76. The van der Waals surface area contributed by atoms with Gasteiger partial charge in [0.1, 0.15) is 31.0 Å². The zero-order chi connectivity index (χ0) is 68.8. The maximum Gasteiger partial charge on any atom is 0.406 e. The first-order valence-electron chi connectivity index (χ1n) is 32.4. The summed E-state index contributed by atoms with van der Waals surface area (Å²) in [6.45, 7) is 20.6. The zero-order valence-electron chi connectivity index (χ0n) is 56.1. The molecule has 97 heavy (non-hydrogen) atoms. The lowest BCUT2D eigenvalue weighted by molar-refractivity contribution is -0.0453. The van der Waals surface area contributed by atoms with Gasteiger partial charge in [-0.25, -0.2) is 39.6 Å². The third-order valence-electron chi connectivity index (χ3n) is 18.8. The van der Waals surface area contributed by atoms with Crippen molar-refractivity contribution in [2.24, 2.45) is 0 Å². The number of aromatic nitrogens is 8. The van der Waals surface area contributed by atoms with Gasteiger partial charge in [0.15, 0.2) is 63.1 Å². The summed E-state index contributed by atoms with van der Waals surface area (Å²) in [6.07, 6.45) is 1.80. The molecular formula is C71H82N14O9PSi2. The molecule has 1 radical (unpaired) electrons. The molecule has 0 spiro atoms. The van der Waals surface area contributed by atoms with E-state index in [1.54, 1.807) is 76.7 Å². The van der Waals surface area contributed by atoms with Crippen molar-refractivity contribution in [1.29, 1.82) is 10.5 Å². The summed E-state index contributed by atoms with van der Waals surface area (Å²) in [6, 6.07) is 50.4. The Balaban J connectivity index is 1.04. The summed E-state index contributed by atoms with van der Waals surface area (Å²) < 4.78 is 63.3. The van der Waals surface area contributed by atoms with Crippen LogP contribution in [0.2, 0.25) is 36.3 Å². The van der Waals surface area contributed by atoms with E-state index in [1.807, 2.05) is 66.7 Å². The van der Waals surface area contributed by atoms with Crippen LogP contribution in [-0.4, -0.2) is 117 Å². The maximum absolute atomic E-state index is 16.6. The SMILES string of the molecule is CC(C)(C)[Si](C)(C)O[C@@H]1[C@H](NP(=O)(OCCC#N)OC[C@H]2O[C@@H](n3cnc4c(NC(=O)c5ccccc5)ncnc43)[C@H](O[Si](C)(C)C(C)(C)C)[C@@H]2NC(c2ccccc2)(c2ccccc2)c2ccccc2)[C@H](C[CH]CC#N)O[C@H]1n1cnc2c(NC(=O)c3ccccc3)ncnc21. The second-order valence-electron chi connectivity index (χ2n) is 27.1. The summed E-state index contributed by atoms with van der Waals surface area (Å²) in [5.41, 5.74) is 3.56. The predicted octanol–water partition coefficient (Wildman–Crippen LogP) is 13.2. The monoisotopic (exact) mass is 1360 g/mol. The van der Waals surface area contributed by atoms with Crippen LogP contribution in [0.25, 0.3) is 22.3 Å². The lowest BCUT2D eigenvalue weighted by Gasteiger charge is -2.44. The number of hydrogen-bond donors (Lipinski definition) is 4. The number of imidazole rings is 2. The van der Waals surface area contributed by atoms with E-state index in [4.69, 9.17) is 42.3 Å². The van der Waals surface area contributed by atoms with E-state index in [0.29, 0.717) is 22.4 Å². The number of anilines is 2. The topological polar surface area (TPSA) is 289 Å². The van der Waals surface area contributed by atoms with Crippen LogP contribution in [0.4, 0.5) is 11.6 Å². The van der Waals surface area contributed by atoms with Crippen molar-refractivity contribution in [3.05, 3.63) is 211 Å². The number of amides is 2. The number of rotatable bonds is 26. The van der Waals surface area contributed by atoms with E-state index < -0.39 is 97.3 Å². The Morgan fingerprint density at radius 3 is 1.42 bits per heavy atom. The number of nitrogens with one attached hydrogen (secondary N) is 4. The summed E-state index contributed by atoms with van der Waals surface area (Å²) in [4.78, 5) is 55.4. The fourth-order valence-corrected chi connectivity index (χ4v) is 15.9. The van der Waals surface area contributed by atoms with Crippen molar-refractivity contribution in [1.82, 2.24) is 49.4 Å². The first-order valence-corrected chi connectivity index (χ1v) is 39.7. The van der Waals surface area contributed by atoms with Gasteiger partial charge in [0.05, 0.1) is 68.2 Å². The maximum atomic E-state index is 16.6. The number of fused-ring (bicyclic) bond motifs is 2. The molecule has 26 heteroatoms. The lowest BCUT2D eigenvalue weighted by Crippen LogP contribution is -2.59. The second kappa shape index (κ2) is 29.3. The van der Waals surface area contributed by atoms with Crippen molar-refractivity contribution in [2.75, 3.05) is 23.8 Å².